The minimum absolute atomic E-state index is 0.221. The second kappa shape index (κ2) is 5.61. The Kier molecular flexibility index (Phi) is 3.86. The van der Waals surface area contributed by atoms with E-state index in [0.29, 0.717) is 12.8 Å². The van der Waals surface area contributed by atoms with Crippen LogP contribution in [0.1, 0.15) is 25.8 Å². The Labute approximate surface area is 140 Å². The summed E-state index contributed by atoms with van der Waals surface area (Å²) >= 11 is 0. The van der Waals surface area contributed by atoms with Crippen LogP contribution >= 0.6 is 0 Å². The molecular weight excluding hydrogens is 308 g/mol. The highest BCUT2D eigenvalue weighted by atomic mass is 16.4. The highest BCUT2D eigenvalue weighted by Gasteiger charge is 2.66. The molecule has 2 amide bonds. The molecule has 1 heterocycles. The molecule has 6 heteroatoms. The van der Waals surface area contributed by atoms with E-state index in [-0.39, 0.29) is 11.8 Å². The molecule has 0 radical (unpaired) electrons. The van der Waals surface area contributed by atoms with Crippen LogP contribution in [0.15, 0.2) is 24.3 Å². The Morgan fingerprint density at radius 3 is 2.54 bits per heavy atom. The van der Waals surface area contributed by atoms with E-state index in [2.05, 4.69) is 5.32 Å². The minimum Gasteiger partial charge on any atom is -0.481 e. The van der Waals surface area contributed by atoms with Crippen molar-refractivity contribution in [3.63, 3.8) is 0 Å². The number of hydrogen-bond donors (Lipinski definition) is 2. The number of fused-ring (bicyclic) bond motifs is 1. The fourth-order valence-electron chi connectivity index (χ4n) is 3.80. The lowest BCUT2D eigenvalue weighted by molar-refractivity contribution is -0.143. The van der Waals surface area contributed by atoms with Crippen molar-refractivity contribution in [2.75, 3.05) is 12.4 Å². The normalized spacial score (nSPS) is 27.5. The molecule has 3 unspecified atom stereocenters. The fourth-order valence-corrected chi connectivity index (χ4v) is 3.80. The van der Waals surface area contributed by atoms with Gasteiger partial charge in [-0.1, -0.05) is 32.0 Å². The van der Waals surface area contributed by atoms with Gasteiger partial charge in [-0.3, -0.25) is 14.4 Å². The molecule has 24 heavy (non-hydrogen) atoms. The first-order valence-corrected chi connectivity index (χ1v) is 8.13. The van der Waals surface area contributed by atoms with Gasteiger partial charge in [0.1, 0.15) is 6.04 Å². The summed E-state index contributed by atoms with van der Waals surface area (Å²) in [5.74, 6) is -2.69. The molecule has 0 aromatic heterocycles. The van der Waals surface area contributed by atoms with E-state index in [1.54, 1.807) is 20.9 Å². The third-order valence-corrected chi connectivity index (χ3v) is 5.44. The van der Waals surface area contributed by atoms with Crippen LogP contribution < -0.4 is 5.32 Å². The molecule has 2 N–H and O–H groups in total. The van der Waals surface area contributed by atoms with E-state index >= 15 is 0 Å². The Hall–Kier alpha value is -2.37. The predicted octanol–water partition coefficient (Wildman–Crippen LogP) is 1.76. The number of benzene rings is 1. The Balaban J connectivity index is 1.76. The van der Waals surface area contributed by atoms with Gasteiger partial charge in [-0.2, -0.15) is 0 Å². The van der Waals surface area contributed by atoms with Crippen molar-refractivity contribution in [3.05, 3.63) is 29.8 Å². The SMILES string of the molecule is CN(C(=O)C1C(C(=O)O)C1(C)C)C1CCc2ccccc2NC1=O. The average molecular weight is 330 g/mol. The number of carboxylic acid groups (broad SMARTS) is 1. The minimum atomic E-state index is -0.954. The molecule has 1 aromatic carbocycles. The van der Waals surface area contributed by atoms with Gasteiger partial charge in [0, 0.05) is 12.7 Å². The first-order chi connectivity index (χ1) is 11.2. The first kappa shape index (κ1) is 16.5. The van der Waals surface area contributed by atoms with Crippen molar-refractivity contribution in [2.24, 2.45) is 17.3 Å². The van der Waals surface area contributed by atoms with Crippen LogP contribution in [0.3, 0.4) is 0 Å². The predicted molar refractivity (Wildman–Crippen MR) is 88.3 cm³/mol. The molecule has 6 nitrogen and oxygen atoms in total. The van der Waals surface area contributed by atoms with Gasteiger partial charge in [0.2, 0.25) is 11.8 Å². The fraction of sp³-hybridized carbons (Fsp3) is 0.500. The van der Waals surface area contributed by atoms with E-state index in [0.717, 1.165) is 11.3 Å². The number of rotatable bonds is 3. The van der Waals surface area contributed by atoms with E-state index in [1.165, 1.54) is 4.90 Å². The molecule has 2 aliphatic rings. The van der Waals surface area contributed by atoms with Gasteiger partial charge in [-0.05, 0) is 29.9 Å². The standard InChI is InChI=1S/C18H22N2O4/c1-18(2)13(14(18)17(23)24)16(22)20(3)12-9-8-10-6-4-5-7-11(10)19-15(12)21/h4-7,12-14H,8-9H2,1-3H3,(H,19,21)(H,23,24). The van der Waals surface area contributed by atoms with Gasteiger partial charge in [0.05, 0.1) is 11.8 Å². The van der Waals surface area contributed by atoms with Crippen molar-refractivity contribution in [1.82, 2.24) is 4.90 Å². The van der Waals surface area contributed by atoms with Crippen LogP contribution in [-0.2, 0) is 20.8 Å². The Bertz CT molecular complexity index is 713. The molecule has 128 valence electrons. The lowest BCUT2D eigenvalue weighted by Crippen LogP contribution is -2.45. The number of aliphatic carboxylic acids is 1. The zero-order chi connectivity index (χ0) is 17.6. The number of carbonyl (C=O) groups is 3. The monoisotopic (exact) mass is 330 g/mol. The van der Waals surface area contributed by atoms with Crippen molar-refractivity contribution < 1.29 is 19.5 Å². The lowest BCUT2D eigenvalue weighted by atomic mass is 10.0. The van der Waals surface area contributed by atoms with Crippen LogP contribution in [0.5, 0.6) is 0 Å². The number of anilines is 1. The smallest absolute Gasteiger partial charge is 0.307 e. The summed E-state index contributed by atoms with van der Waals surface area (Å²) in [6.45, 7) is 3.57. The first-order valence-electron chi connectivity index (χ1n) is 8.13. The largest absolute Gasteiger partial charge is 0.481 e. The number of para-hydroxylation sites is 1. The third kappa shape index (κ3) is 2.56. The van der Waals surface area contributed by atoms with E-state index < -0.39 is 29.3 Å². The molecule has 1 aliphatic heterocycles. The summed E-state index contributed by atoms with van der Waals surface area (Å²) in [6.07, 6.45) is 1.21. The van der Waals surface area contributed by atoms with E-state index in [9.17, 15) is 19.5 Å². The molecular formula is C18H22N2O4. The van der Waals surface area contributed by atoms with Crippen LogP contribution in [0, 0.1) is 17.3 Å². The van der Waals surface area contributed by atoms with Gasteiger partial charge < -0.3 is 15.3 Å². The third-order valence-electron chi connectivity index (χ3n) is 5.44. The van der Waals surface area contributed by atoms with Gasteiger partial charge >= 0.3 is 5.97 Å². The number of amides is 2. The van der Waals surface area contributed by atoms with Crippen LogP contribution in [0.2, 0.25) is 0 Å². The molecule has 0 spiro atoms. The second-order valence-corrected chi connectivity index (χ2v) is 7.26. The maximum absolute atomic E-state index is 12.7. The molecule has 0 saturated heterocycles. The van der Waals surface area contributed by atoms with Crippen molar-refractivity contribution in [2.45, 2.75) is 32.7 Å². The van der Waals surface area contributed by atoms with Gasteiger partial charge in [0.15, 0.2) is 0 Å². The number of hydrogen-bond acceptors (Lipinski definition) is 3. The van der Waals surface area contributed by atoms with E-state index in [1.807, 2.05) is 24.3 Å². The van der Waals surface area contributed by atoms with Crippen LogP contribution in [0.4, 0.5) is 5.69 Å². The van der Waals surface area contributed by atoms with Gasteiger partial charge in [0.25, 0.3) is 0 Å². The Morgan fingerprint density at radius 2 is 1.92 bits per heavy atom. The van der Waals surface area contributed by atoms with Crippen molar-refractivity contribution >= 4 is 23.5 Å². The average Bonchev–Trinajstić information content (AvgIpc) is 3.14. The molecule has 3 rings (SSSR count). The lowest BCUT2D eigenvalue weighted by Gasteiger charge is -2.26. The van der Waals surface area contributed by atoms with Crippen molar-refractivity contribution in [3.8, 4) is 0 Å². The van der Waals surface area contributed by atoms with Crippen LogP contribution in [-0.4, -0.2) is 40.9 Å². The zero-order valence-corrected chi connectivity index (χ0v) is 14.1. The van der Waals surface area contributed by atoms with Gasteiger partial charge in [-0.25, -0.2) is 0 Å². The van der Waals surface area contributed by atoms with E-state index in [4.69, 9.17) is 0 Å². The van der Waals surface area contributed by atoms with Crippen molar-refractivity contribution in [1.29, 1.82) is 0 Å². The molecule has 1 aromatic rings. The molecule has 1 fully saturated rings. The number of carbonyl (C=O) groups excluding carboxylic acids is 2. The summed E-state index contributed by atoms with van der Waals surface area (Å²) in [6, 6.07) is 7.00. The molecule has 0 bridgehead atoms. The summed E-state index contributed by atoms with van der Waals surface area (Å²) in [5.41, 5.74) is 1.26. The summed E-state index contributed by atoms with van der Waals surface area (Å²) in [7, 11) is 1.59. The number of likely N-dealkylation sites (N-methyl/N-ethyl adjacent to an activating group) is 1. The number of carboxylic acids is 1. The number of nitrogens with one attached hydrogen (secondary N) is 1. The topological polar surface area (TPSA) is 86.7 Å². The summed E-state index contributed by atoms with van der Waals surface area (Å²) in [4.78, 5) is 38.0. The maximum Gasteiger partial charge on any atom is 0.307 e. The van der Waals surface area contributed by atoms with Gasteiger partial charge in [-0.15, -0.1) is 0 Å². The Morgan fingerprint density at radius 1 is 1.25 bits per heavy atom. The summed E-state index contributed by atoms with van der Waals surface area (Å²) in [5, 5.41) is 12.1. The number of nitrogens with zero attached hydrogens (tertiary/aromatic N) is 1. The quantitative estimate of drug-likeness (QED) is 0.884. The summed E-state index contributed by atoms with van der Waals surface area (Å²) < 4.78 is 0. The number of aryl methyl sites for hydroxylation is 1. The van der Waals surface area contributed by atoms with Crippen LogP contribution in [0.25, 0.3) is 0 Å². The second-order valence-electron chi connectivity index (χ2n) is 7.26. The molecule has 1 saturated carbocycles. The highest BCUT2D eigenvalue weighted by molar-refractivity contribution is 6.00. The molecule has 3 atom stereocenters. The molecule has 1 aliphatic carbocycles. The maximum atomic E-state index is 12.7. The highest BCUT2D eigenvalue weighted by Crippen LogP contribution is 2.59. The zero-order valence-electron chi connectivity index (χ0n) is 14.1.